The molecule has 0 radical (unpaired) electrons. The average Bonchev–Trinajstić information content (AvgIpc) is 2.50. The smallest absolute Gasteiger partial charge is 0.239 e. The molecule has 2 unspecified atom stereocenters. The first-order valence-corrected chi connectivity index (χ1v) is 5.16. The first kappa shape index (κ1) is 11.5. The highest BCUT2D eigenvalue weighted by atomic mass is 16.3. The lowest BCUT2D eigenvalue weighted by Crippen LogP contribution is -2.53. The quantitative estimate of drug-likeness (QED) is 0.600. The van der Waals surface area contributed by atoms with Crippen LogP contribution in [-0.2, 0) is 4.79 Å². The van der Waals surface area contributed by atoms with Gasteiger partial charge in [-0.25, -0.2) is 0 Å². The third kappa shape index (κ3) is 2.69. The van der Waals surface area contributed by atoms with Crippen LogP contribution >= 0.6 is 0 Å². The zero-order valence-corrected chi connectivity index (χ0v) is 8.92. The highest BCUT2D eigenvalue weighted by molar-refractivity contribution is 5.85. The van der Waals surface area contributed by atoms with Gasteiger partial charge in [0.25, 0.3) is 0 Å². The summed E-state index contributed by atoms with van der Waals surface area (Å²) in [6.45, 7) is 3.52. The Hall–Kier alpha value is -0.610. The summed E-state index contributed by atoms with van der Waals surface area (Å²) in [5.74, 6) is 0.0733. The summed E-state index contributed by atoms with van der Waals surface area (Å²) >= 11 is 0. The van der Waals surface area contributed by atoms with E-state index in [9.17, 15) is 4.79 Å². The molecule has 4 nitrogen and oxygen atoms in total. The Morgan fingerprint density at radius 3 is 2.71 bits per heavy atom. The van der Waals surface area contributed by atoms with Crippen LogP contribution in [-0.4, -0.2) is 29.2 Å². The Labute approximate surface area is 84.9 Å². The zero-order chi connectivity index (χ0) is 10.8. The van der Waals surface area contributed by atoms with E-state index in [0.29, 0.717) is 0 Å². The van der Waals surface area contributed by atoms with Crippen molar-refractivity contribution in [2.45, 2.75) is 44.7 Å². The van der Waals surface area contributed by atoms with Crippen molar-refractivity contribution in [3.63, 3.8) is 0 Å². The fourth-order valence-electron chi connectivity index (χ4n) is 1.80. The van der Waals surface area contributed by atoms with E-state index in [4.69, 9.17) is 10.8 Å². The highest BCUT2D eigenvalue weighted by Gasteiger charge is 2.31. The molecular formula is C10H20N2O2. The minimum Gasteiger partial charge on any atom is -0.396 e. The van der Waals surface area contributed by atoms with Crippen molar-refractivity contribution in [2.24, 2.45) is 11.7 Å². The van der Waals surface area contributed by atoms with Crippen molar-refractivity contribution in [3.8, 4) is 0 Å². The average molecular weight is 200 g/mol. The molecule has 82 valence electrons. The van der Waals surface area contributed by atoms with E-state index < -0.39 is 5.54 Å². The summed E-state index contributed by atoms with van der Waals surface area (Å²) in [5.41, 5.74) is 4.84. The molecule has 0 aliphatic heterocycles. The SMILES string of the molecule is CC(C)(N)C(=O)NC1CCCC1CO. The molecule has 0 aromatic heterocycles. The fourth-order valence-corrected chi connectivity index (χ4v) is 1.80. The monoisotopic (exact) mass is 200 g/mol. The molecule has 0 heterocycles. The molecule has 1 aliphatic carbocycles. The lowest BCUT2D eigenvalue weighted by molar-refractivity contribution is -0.126. The predicted octanol–water partition coefficient (Wildman–Crippen LogP) is 0.000900. The van der Waals surface area contributed by atoms with E-state index >= 15 is 0 Å². The van der Waals surface area contributed by atoms with Gasteiger partial charge in [-0.3, -0.25) is 4.79 Å². The maximum absolute atomic E-state index is 11.6. The van der Waals surface area contributed by atoms with E-state index in [0.717, 1.165) is 19.3 Å². The van der Waals surface area contributed by atoms with E-state index in [-0.39, 0.29) is 24.5 Å². The van der Waals surface area contributed by atoms with Crippen LogP contribution in [0.3, 0.4) is 0 Å². The van der Waals surface area contributed by atoms with Gasteiger partial charge in [-0.2, -0.15) is 0 Å². The second-order valence-electron chi connectivity index (χ2n) is 4.68. The molecule has 0 saturated heterocycles. The van der Waals surface area contributed by atoms with Crippen molar-refractivity contribution in [1.29, 1.82) is 0 Å². The van der Waals surface area contributed by atoms with Crippen LogP contribution in [0.25, 0.3) is 0 Å². The van der Waals surface area contributed by atoms with Crippen molar-refractivity contribution >= 4 is 5.91 Å². The summed E-state index contributed by atoms with van der Waals surface area (Å²) < 4.78 is 0. The Morgan fingerprint density at radius 2 is 2.21 bits per heavy atom. The standard InChI is InChI=1S/C10H20N2O2/c1-10(2,11)9(14)12-8-5-3-4-7(8)6-13/h7-8,13H,3-6,11H2,1-2H3,(H,12,14). The van der Waals surface area contributed by atoms with E-state index in [2.05, 4.69) is 5.32 Å². The summed E-state index contributed by atoms with van der Waals surface area (Å²) in [4.78, 5) is 11.6. The minimum atomic E-state index is -0.831. The molecule has 0 bridgehead atoms. The van der Waals surface area contributed by atoms with Crippen molar-refractivity contribution in [3.05, 3.63) is 0 Å². The van der Waals surface area contributed by atoms with Gasteiger partial charge in [0.15, 0.2) is 0 Å². The molecule has 1 rings (SSSR count). The van der Waals surface area contributed by atoms with Gasteiger partial charge in [0.2, 0.25) is 5.91 Å². The summed E-state index contributed by atoms with van der Waals surface area (Å²) in [6, 6.07) is 0.107. The summed E-state index contributed by atoms with van der Waals surface area (Å²) in [5, 5.41) is 12.0. The largest absolute Gasteiger partial charge is 0.396 e. The van der Waals surface area contributed by atoms with Crippen molar-refractivity contribution in [1.82, 2.24) is 5.32 Å². The number of aliphatic hydroxyl groups excluding tert-OH is 1. The Morgan fingerprint density at radius 1 is 1.57 bits per heavy atom. The number of amides is 1. The molecule has 4 N–H and O–H groups in total. The Bertz CT molecular complexity index is 211. The third-order valence-corrected chi connectivity index (χ3v) is 2.80. The van der Waals surface area contributed by atoms with Crippen molar-refractivity contribution in [2.75, 3.05) is 6.61 Å². The topological polar surface area (TPSA) is 75.4 Å². The van der Waals surface area contributed by atoms with Crippen LogP contribution in [0.15, 0.2) is 0 Å². The Balaban J connectivity index is 2.48. The van der Waals surface area contributed by atoms with Crippen LogP contribution in [0.5, 0.6) is 0 Å². The molecule has 0 spiro atoms. The Kier molecular flexibility index (Phi) is 3.50. The number of rotatable bonds is 3. The van der Waals surface area contributed by atoms with Gasteiger partial charge in [-0.05, 0) is 26.7 Å². The number of nitrogens with two attached hydrogens (primary N) is 1. The molecule has 1 amide bonds. The van der Waals surface area contributed by atoms with E-state index in [1.165, 1.54) is 0 Å². The minimum absolute atomic E-state index is 0.107. The van der Waals surface area contributed by atoms with Gasteiger partial charge < -0.3 is 16.2 Å². The second-order valence-corrected chi connectivity index (χ2v) is 4.68. The third-order valence-electron chi connectivity index (χ3n) is 2.80. The van der Waals surface area contributed by atoms with E-state index in [1.54, 1.807) is 13.8 Å². The number of hydrogen-bond acceptors (Lipinski definition) is 3. The normalized spacial score (nSPS) is 27.7. The summed E-state index contributed by atoms with van der Waals surface area (Å²) in [6.07, 6.45) is 3.01. The number of carbonyl (C=O) groups excluding carboxylic acids is 1. The molecule has 1 saturated carbocycles. The number of nitrogens with one attached hydrogen (secondary N) is 1. The van der Waals surface area contributed by atoms with Crippen molar-refractivity contribution < 1.29 is 9.90 Å². The van der Waals surface area contributed by atoms with Gasteiger partial charge in [0.05, 0.1) is 5.54 Å². The molecule has 1 fully saturated rings. The molecule has 1 aliphatic rings. The van der Waals surface area contributed by atoms with Crippen LogP contribution in [0.1, 0.15) is 33.1 Å². The zero-order valence-electron chi connectivity index (χ0n) is 8.92. The predicted molar refractivity (Wildman–Crippen MR) is 54.6 cm³/mol. The lowest BCUT2D eigenvalue weighted by atomic mass is 10.0. The molecule has 14 heavy (non-hydrogen) atoms. The second kappa shape index (κ2) is 4.28. The lowest BCUT2D eigenvalue weighted by Gasteiger charge is -2.24. The van der Waals surface area contributed by atoms with Gasteiger partial charge in [-0.1, -0.05) is 6.42 Å². The maximum Gasteiger partial charge on any atom is 0.239 e. The number of carbonyl (C=O) groups is 1. The maximum atomic E-state index is 11.6. The van der Waals surface area contributed by atoms with Gasteiger partial charge >= 0.3 is 0 Å². The van der Waals surface area contributed by atoms with Gasteiger partial charge in [-0.15, -0.1) is 0 Å². The van der Waals surface area contributed by atoms with E-state index in [1.807, 2.05) is 0 Å². The highest BCUT2D eigenvalue weighted by Crippen LogP contribution is 2.25. The molecule has 4 heteroatoms. The van der Waals surface area contributed by atoms with Gasteiger partial charge in [0.1, 0.15) is 0 Å². The van der Waals surface area contributed by atoms with Crippen LogP contribution in [0.4, 0.5) is 0 Å². The van der Waals surface area contributed by atoms with Gasteiger partial charge in [0, 0.05) is 18.6 Å². The molecule has 0 aromatic carbocycles. The van der Waals surface area contributed by atoms with Crippen LogP contribution in [0, 0.1) is 5.92 Å². The van der Waals surface area contributed by atoms with Crippen LogP contribution < -0.4 is 11.1 Å². The fraction of sp³-hybridized carbons (Fsp3) is 0.900. The first-order chi connectivity index (χ1) is 6.45. The molecular weight excluding hydrogens is 180 g/mol. The first-order valence-electron chi connectivity index (χ1n) is 5.16. The van der Waals surface area contributed by atoms with Crippen LogP contribution in [0.2, 0.25) is 0 Å². The molecule has 2 atom stereocenters. The number of hydrogen-bond donors (Lipinski definition) is 3. The number of aliphatic hydroxyl groups is 1. The summed E-state index contributed by atoms with van der Waals surface area (Å²) in [7, 11) is 0. The molecule has 0 aromatic rings.